The number of aliphatic hydroxyl groups is 4. The molecular weight excluding hydrogens is 1360 g/mol. The number of methoxy groups -OCH3 is 4. The Morgan fingerprint density at radius 3 is 1.52 bits per heavy atom. The van der Waals surface area contributed by atoms with Gasteiger partial charge in [-0.15, -0.1) is 0 Å². The number of ketones is 2. The summed E-state index contributed by atoms with van der Waals surface area (Å²) in [5.41, 5.74) is 0.686. The third-order valence-electron chi connectivity index (χ3n) is 18.7. The van der Waals surface area contributed by atoms with E-state index in [4.69, 9.17) is 67.8 Å². The predicted molar refractivity (Wildman–Crippen MR) is 388 cm³/mol. The first-order valence-electron chi connectivity index (χ1n) is 36.6. The molecule has 8 N–H and O–H groups in total. The quantitative estimate of drug-likeness (QED) is 0.0202. The summed E-state index contributed by atoms with van der Waals surface area (Å²) in [5, 5.41) is 51.4. The van der Waals surface area contributed by atoms with Crippen LogP contribution in [0.2, 0.25) is 0 Å². The van der Waals surface area contributed by atoms with Gasteiger partial charge in [-0.3, -0.25) is 33.7 Å². The van der Waals surface area contributed by atoms with Crippen molar-refractivity contribution in [3.8, 4) is 0 Å². The van der Waals surface area contributed by atoms with Crippen molar-refractivity contribution in [2.24, 2.45) is 41.4 Å². The van der Waals surface area contributed by atoms with E-state index in [1.54, 1.807) is 19.1 Å². The van der Waals surface area contributed by atoms with Crippen LogP contribution in [0.4, 0.5) is 9.59 Å². The number of Topliss-reactive ketones (excluding diaryl/α,β-unsaturated/α-hetero) is 2. The molecule has 30 nitrogen and oxygen atoms in total. The Morgan fingerprint density at radius 1 is 0.596 bits per heavy atom. The number of carboxylic acid groups (broad SMARTS) is 1. The zero-order chi connectivity index (χ0) is 79.3. The number of amides is 5. The Hall–Kier alpha value is -6.03. The number of carboxylic acids is 1. The molecule has 1 aliphatic heterocycles. The van der Waals surface area contributed by atoms with E-state index in [-0.39, 0.29) is 156 Å². The van der Waals surface area contributed by atoms with Crippen LogP contribution in [0.1, 0.15) is 172 Å². The number of aliphatic carboxylic acids is 1. The molecule has 17 atom stereocenters. The molecule has 0 aromatic heterocycles. The maximum absolute atomic E-state index is 14.4. The van der Waals surface area contributed by atoms with Crippen LogP contribution in [0.5, 0.6) is 0 Å². The zero-order valence-corrected chi connectivity index (χ0v) is 65.8. The van der Waals surface area contributed by atoms with Crippen LogP contribution < -0.4 is 16.0 Å². The SMILES string of the molecule is CCC(CO)OC(CO)OC.CCC(CO)OC(COC(=O)NCCC(=O)N[C@@H](C)C(=O)O[C@@H](c1ccccc1)C(C)CC(=O)[C@H](C)[C@@H](C)[C@@H]1CCCN1C(=O)C[C@@H](OC)[C@H]([C@@H](C)CC)N(C)C(=O)C(CC(=O)[C@H](C(C)C)N(C)C)C(C)C)OC.CCC(CO)OC(COC(=O)NCCC(=O)O)OC. The van der Waals surface area contributed by atoms with Gasteiger partial charge in [-0.1, -0.05) is 120 Å². The second-order valence-electron chi connectivity index (χ2n) is 27.3. The van der Waals surface area contributed by atoms with Crippen molar-refractivity contribution in [3.63, 3.8) is 0 Å². The molecule has 2 rings (SSSR count). The predicted octanol–water partition coefficient (Wildman–Crippen LogP) is 6.29. The second-order valence-corrected chi connectivity index (χ2v) is 27.3. The molecular formula is C74H132N6O24. The van der Waals surface area contributed by atoms with Gasteiger partial charge >= 0.3 is 24.1 Å². The van der Waals surface area contributed by atoms with Crippen LogP contribution >= 0.6 is 0 Å². The van der Waals surface area contributed by atoms with Crippen LogP contribution in [-0.2, 0) is 80.9 Å². The highest BCUT2D eigenvalue weighted by Gasteiger charge is 2.43. The van der Waals surface area contributed by atoms with E-state index in [1.165, 1.54) is 28.3 Å². The van der Waals surface area contributed by atoms with Crippen LogP contribution in [0.15, 0.2) is 30.3 Å². The number of hydrogen-bond donors (Lipinski definition) is 8. The number of hydrogen-bond acceptors (Lipinski definition) is 24. The van der Waals surface area contributed by atoms with Crippen LogP contribution in [0.3, 0.4) is 0 Å². The van der Waals surface area contributed by atoms with Gasteiger partial charge in [0.05, 0.1) is 75.8 Å². The lowest BCUT2D eigenvalue weighted by Crippen LogP contribution is -2.53. The first kappa shape index (κ1) is 98.0. The van der Waals surface area contributed by atoms with Gasteiger partial charge in [-0.2, -0.15) is 0 Å². The summed E-state index contributed by atoms with van der Waals surface area (Å²) >= 11 is 0. The number of esters is 1. The van der Waals surface area contributed by atoms with E-state index in [0.717, 1.165) is 19.3 Å². The summed E-state index contributed by atoms with van der Waals surface area (Å²) in [6.45, 7) is 24.3. The van der Waals surface area contributed by atoms with E-state index in [9.17, 15) is 48.3 Å². The summed E-state index contributed by atoms with van der Waals surface area (Å²) in [4.78, 5) is 122. The number of carbonyl (C=O) groups excluding carboxylic acids is 8. The maximum Gasteiger partial charge on any atom is 0.407 e. The number of nitrogens with zero attached hydrogens (tertiary/aromatic N) is 3. The lowest BCUT2D eigenvalue weighted by atomic mass is 9.80. The van der Waals surface area contributed by atoms with E-state index in [1.807, 2.05) is 123 Å². The van der Waals surface area contributed by atoms with Crippen molar-refractivity contribution >= 4 is 53.4 Å². The third kappa shape index (κ3) is 36.5. The maximum atomic E-state index is 14.4. The van der Waals surface area contributed by atoms with Gasteiger partial charge in [0.1, 0.15) is 31.1 Å². The van der Waals surface area contributed by atoms with Crippen molar-refractivity contribution in [2.75, 3.05) is 109 Å². The lowest BCUT2D eigenvalue weighted by molar-refractivity contribution is -0.181. The van der Waals surface area contributed by atoms with Gasteiger partial charge < -0.3 is 98.7 Å². The number of ether oxygens (including phenoxy) is 10. The fourth-order valence-corrected chi connectivity index (χ4v) is 12.0. The molecule has 1 aromatic carbocycles. The topological polar surface area (TPSA) is 393 Å². The monoisotopic (exact) mass is 1490 g/mol. The Kier molecular flexibility index (Phi) is 51.4. The fourth-order valence-electron chi connectivity index (χ4n) is 12.0. The van der Waals surface area contributed by atoms with Crippen LogP contribution in [0, 0.1) is 41.4 Å². The average Bonchev–Trinajstić information content (AvgIpc) is 1.58. The van der Waals surface area contributed by atoms with Gasteiger partial charge in [-0.25, -0.2) is 14.4 Å². The summed E-state index contributed by atoms with van der Waals surface area (Å²) < 4.78 is 52.9. The minimum atomic E-state index is -1.05. The first-order valence-corrected chi connectivity index (χ1v) is 36.6. The Balaban J connectivity index is 0.00000290. The molecule has 0 spiro atoms. The molecule has 5 amide bonds. The standard InChI is InChI=1S/C56H95N5O13.C11H21NO7.C7H16O4/c1-17-36(7)52(60(14)54(67)43(34(3)4)30-46(64)51(35(5)6)59(12)13)47(70-15)31-49(66)61-28-22-25-44(61)38(9)39(10)45(63)29-37(8)53(41-23-20-19-21-24-41)74-55(68)40(11)58-48(65)26-27-57-56(69)72-33-50(71-16)73-42(18-2)32-62;1-3-8(6-13)19-10(17-2)7-18-11(16)12-5-4-9(14)15;1-3-6(4-8)11-7(5-9)10-2/h19-21,23-24,34-40,42-44,47,50-53,62H,17-18,22,25-33H2,1-16H3,(H,57,69)(H,58,65);8,10,13H,3-7H2,1-2H3,(H,12,16)(H,14,15);6-9H,3-5H2,1-2H3/t36-,37?,38+,39+,40-,42?,43?,44-,47+,50?,51-,52-,53+;;/m0../s1. The summed E-state index contributed by atoms with van der Waals surface area (Å²) in [5.74, 6) is -4.15. The van der Waals surface area contributed by atoms with Crippen LogP contribution in [0.25, 0.3) is 0 Å². The molecule has 1 heterocycles. The van der Waals surface area contributed by atoms with E-state index < -0.39 is 97.1 Å². The van der Waals surface area contributed by atoms with Gasteiger partial charge in [0.2, 0.25) is 17.7 Å². The van der Waals surface area contributed by atoms with Gasteiger partial charge in [-0.05, 0) is 82.4 Å². The van der Waals surface area contributed by atoms with E-state index in [0.29, 0.717) is 31.4 Å². The zero-order valence-electron chi connectivity index (χ0n) is 65.8. The third-order valence-corrected chi connectivity index (χ3v) is 18.7. The fraction of sp³-hybridized carbons (Fsp3) is 0.797. The molecule has 30 heteroatoms. The summed E-state index contributed by atoms with van der Waals surface area (Å²) in [7, 11) is 11.3. The number of aliphatic hydroxyl groups excluding tert-OH is 4. The minimum absolute atomic E-state index is 0.0130. The number of alkyl carbamates (subject to hydrolysis) is 2. The van der Waals surface area contributed by atoms with Crippen molar-refractivity contribution in [3.05, 3.63) is 35.9 Å². The number of carbonyl (C=O) groups is 9. The molecule has 104 heavy (non-hydrogen) atoms. The second kappa shape index (κ2) is 54.5. The van der Waals surface area contributed by atoms with Crippen LogP contribution in [-0.4, -0.2) is 270 Å². The van der Waals surface area contributed by atoms with Gasteiger partial charge in [0, 0.05) is 98.2 Å². The largest absolute Gasteiger partial charge is 0.481 e. The number of likely N-dealkylation sites (tertiary alicyclic amines) is 1. The molecule has 0 bridgehead atoms. The molecule has 1 saturated heterocycles. The minimum Gasteiger partial charge on any atom is -0.481 e. The number of nitrogens with one attached hydrogen (secondary N) is 3. The molecule has 0 aliphatic carbocycles. The molecule has 8 unspecified atom stereocenters. The summed E-state index contributed by atoms with van der Waals surface area (Å²) in [6.07, 6.45) is -2.38. The van der Waals surface area contributed by atoms with Gasteiger partial charge in [0.25, 0.3) is 0 Å². The summed E-state index contributed by atoms with van der Waals surface area (Å²) in [6, 6.07) is 7.11. The number of benzene rings is 1. The highest BCUT2D eigenvalue weighted by Crippen LogP contribution is 2.36. The molecule has 1 fully saturated rings. The average molecular weight is 1490 g/mol. The van der Waals surface area contributed by atoms with E-state index >= 15 is 0 Å². The number of likely N-dealkylation sites (N-methyl/N-ethyl adjacent to an activating group) is 2. The Morgan fingerprint density at radius 2 is 1.10 bits per heavy atom. The van der Waals surface area contributed by atoms with Crippen molar-refractivity contribution in [2.45, 2.75) is 234 Å². The lowest BCUT2D eigenvalue weighted by Gasteiger charge is -2.41. The van der Waals surface area contributed by atoms with Crippen molar-refractivity contribution in [1.82, 2.24) is 30.7 Å². The Bertz CT molecular complexity index is 2560. The number of rotatable bonds is 50. The highest BCUT2D eigenvalue weighted by atomic mass is 16.7. The molecule has 0 radical (unpaired) electrons. The molecule has 602 valence electrons. The van der Waals surface area contributed by atoms with E-state index in [2.05, 4.69) is 29.8 Å². The normalized spacial score (nSPS) is 17.6. The van der Waals surface area contributed by atoms with Gasteiger partial charge in [0.15, 0.2) is 24.7 Å². The first-order chi connectivity index (χ1) is 49.2. The molecule has 1 aliphatic rings. The smallest absolute Gasteiger partial charge is 0.407 e. The molecule has 0 saturated carbocycles. The highest BCUT2D eigenvalue weighted by molar-refractivity contribution is 5.90. The van der Waals surface area contributed by atoms with Crippen molar-refractivity contribution in [1.29, 1.82) is 0 Å². The Labute approximate surface area is 618 Å². The van der Waals surface area contributed by atoms with Crippen molar-refractivity contribution < 1.29 is 116 Å². The molecule has 1 aromatic rings.